The van der Waals surface area contributed by atoms with Crippen molar-refractivity contribution in [3.8, 4) is 0 Å². The number of amides is 1. The molecule has 0 aromatic heterocycles. The number of halogens is 1. The second-order valence-electron chi connectivity index (χ2n) is 4.81. The number of aryl methyl sites for hydroxylation is 1. The van der Waals surface area contributed by atoms with Gasteiger partial charge in [-0.2, -0.15) is 0 Å². The molecule has 1 N–H and O–H groups in total. The molecule has 1 rings (SSSR count). The lowest BCUT2D eigenvalue weighted by atomic mass is 10.1. The van der Waals surface area contributed by atoms with Gasteiger partial charge in [0.25, 0.3) is 5.91 Å². The second-order valence-corrected chi connectivity index (χ2v) is 4.81. The van der Waals surface area contributed by atoms with Gasteiger partial charge in [-0.25, -0.2) is 4.39 Å². The van der Waals surface area contributed by atoms with Crippen LogP contribution in [0.15, 0.2) is 18.2 Å². The lowest BCUT2D eigenvalue weighted by Gasteiger charge is -2.20. The molecule has 0 atom stereocenters. The third-order valence-electron chi connectivity index (χ3n) is 3.00. The molecule has 0 heterocycles. The third-order valence-corrected chi connectivity index (χ3v) is 3.00. The molecule has 0 aliphatic rings. The lowest BCUT2D eigenvalue weighted by molar-refractivity contribution is 0.0944. The number of nitrogens with one attached hydrogen (secondary N) is 1. The van der Waals surface area contributed by atoms with Crippen molar-refractivity contribution in [1.82, 2.24) is 10.2 Å². The van der Waals surface area contributed by atoms with Gasteiger partial charge in [0.1, 0.15) is 5.82 Å². The summed E-state index contributed by atoms with van der Waals surface area (Å²) in [6, 6.07) is 5.05. The van der Waals surface area contributed by atoms with E-state index in [0.717, 1.165) is 12.1 Å². The number of likely N-dealkylation sites (N-methyl/N-ethyl adjacent to an activating group) is 1. The van der Waals surface area contributed by atoms with Crippen LogP contribution in [0.25, 0.3) is 0 Å². The highest BCUT2D eigenvalue weighted by Crippen LogP contribution is 2.09. The molecule has 1 aromatic carbocycles. The average Bonchev–Trinajstić information content (AvgIpc) is 2.28. The van der Waals surface area contributed by atoms with Crippen molar-refractivity contribution >= 4 is 5.91 Å². The molecule has 0 unspecified atom stereocenters. The van der Waals surface area contributed by atoms with E-state index < -0.39 is 5.82 Å². The number of carbonyl (C=O) groups excluding carboxylic acids is 1. The molecule has 0 saturated heterocycles. The molecular weight excluding hydrogens is 231 g/mol. The maximum atomic E-state index is 13.5. The zero-order valence-corrected chi connectivity index (χ0v) is 11.5. The fourth-order valence-corrected chi connectivity index (χ4v) is 1.50. The van der Waals surface area contributed by atoms with E-state index in [0.29, 0.717) is 12.6 Å². The molecule has 0 radical (unpaired) electrons. The summed E-state index contributed by atoms with van der Waals surface area (Å²) in [5.74, 6) is -0.825. The minimum absolute atomic E-state index is 0.104. The Labute approximate surface area is 108 Å². The van der Waals surface area contributed by atoms with Crippen molar-refractivity contribution in [2.24, 2.45) is 0 Å². The minimum atomic E-state index is -0.468. The van der Waals surface area contributed by atoms with Gasteiger partial charge in [-0.3, -0.25) is 4.79 Å². The van der Waals surface area contributed by atoms with Gasteiger partial charge in [-0.1, -0.05) is 6.07 Å². The molecule has 4 heteroatoms. The Kier molecular flexibility index (Phi) is 5.28. The molecule has 1 aromatic rings. The fourth-order valence-electron chi connectivity index (χ4n) is 1.50. The Balaban J connectivity index is 2.51. The average molecular weight is 252 g/mol. The Morgan fingerprint density at radius 2 is 2.11 bits per heavy atom. The predicted octanol–water partition coefficient (Wildman–Crippen LogP) is 2.20. The minimum Gasteiger partial charge on any atom is -0.351 e. The summed E-state index contributed by atoms with van der Waals surface area (Å²) >= 11 is 0. The number of hydrogen-bond donors (Lipinski definition) is 1. The van der Waals surface area contributed by atoms with Crippen LogP contribution in [0.1, 0.15) is 29.8 Å². The van der Waals surface area contributed by atoms with Crippen LogP contribution < -0.4 is 5.32 Å². The molecule has 0 aliphatic carbocycles. The number of carbonyl (C=O) groups is 1. The van der Waals surface area contributed by atoms with Crippen molar-refractivity contribution in [2.45, 2.75) is 26.8 Å². The first kappa shape index (κ1) is 14.6. The van der Waals surface area contributed by atoms with Crippen molar-refractivity contribution < 1.29 is 9.18 Å². The van der Waals surface area contributed by atoms with E-state index in [4.69, 9.17) is 0 Å². The van der Waals surface area contributed by atoms with Gasteiger partial charge >= 0.3 is 0 Å². The van der Waals surface area contributed by atoms with E-state index in [-0.39, 0.29) is 11.5 Å². The molecule has 1 amide bonds. The van der Waals surface area contributed by atoms with Gasteiger partial charge in [-0.15, -0.1) is 0 Å². The summed E-state index contributed by atoms with van der Waals surface area (Å²) in [4.78, 5) is 13.9. The molecule has 18 heavy (non-hydrogen) atoms. The monoisotopic (exact) mass is 252 g/mol. The second kappa shape index (κ2) is 6.50. The molecular formula is C14H21FN2O. The summed E-state index contributed by atoms with van der Waals surface area (Å²) < 4.78 is 13.5. The summed E-state index contributed by atoms with van der Waals surface area (Å²) in [6.45, 7) is 7.23. The van der Waals surface area contributed by atoms with Crippen LogP contribution in [-0.4, -0.2) is 37.0 Å². The van der Waals surface area contributed by atoms with Crippen LogP contribution in [0.4, 0.5) is 4.39 Å². The number of benzene rings is 1. The normalized spacial score (nSPS) is 11.1. The van der Waals surface area contributed by atoms with Gasteiger partial charge in [0.05, 0.1) is 5.56 Å². The largest absolute Gasteiger partial charge is 0.351 e. The quantitative estimate of drug-likeness (QED) is 0.871. The Hall–Kier alpha value is -1.42. The van der Waals surface area contributed by atoms with Crippen LogP contribution in [0.5, 0.6) is 0 Å². The third kappa shape index (κ3) is 4.11. The van der Waals surface area contributed by atoms with E-state index in [2.05, 4.69) is 24.1 Å². The van der Waals surface area contributed by atoms with Gasteiger partial charge < -0.3 is 10.2 Å². The fraction of sp³-hybridized carbons (Fsp3) is 0.500. The molecule has 0 fully saturated rings. The van der Waals surface area contributed by atoms with E-state index in [1.54, 1.807) is 13.0 Å². The van der Waals surface area contributed by atoms with Crippen LogP contribution in [0, 0.1) is 12.7 Å². The lowest BCUT2D eigenvalue weighted by Crippen LogP contribution is -2.36. The van der Waals surface area contributed by atoms with Crippen LogP contribution in [-0.2, 0) is 0 Å². The van der Waals surface area contributed by atoms with Crippen molar-refractivity contribution in [2.75, 3.05) is 20.1 Å². The number of hydrogen-bond acceptors (Lipinski definition) is 2. The van der Waals surface area contributed by atoms with Gasteiger partial charge in [0.15, 0.2) is 0 Å². The Morgan fingerprint density at radius 3 is 2.67 bits per heavy atom. The zero-order chi connectivity index (χ0) is 13.7. The summed E-state index contributed by atoms with van der Waals surface area (Å²) in [7, 11) is 1.99. The van der Waals surface area contributed by atoms with E-state index in [1.165, 1.54) is 12.1 Å². The van der Waals surface area contributed by atoms with E-state index in [1.807, 2.05) is 7.05 Å². The van der Waals surface area contributed by atoms with Crippen molar-refractivity contribution in [1.29, 1.82) is 0 Å². The van der Waals surface area contributed by atoms with Gasteiger partial charge in [0, 0.05) is 19.1 Å². The first-order valence-electron chi connectivity index (χ1n) is 6.16. The molecule has 100 valence electrons. The number of rotatable bonds is 5. The van der Waals surface area contributed by atoms with E-state index >= 15 is 0 Å². The molecule has 0 spiro atoms. The van der Waals surface area contributed by atoms with Crippen LogP contribution >= 0.6 is 0 Å². The molecule has 0 aliphatic heterocycles. The first-order valence-corrected chi connectivity index (χ1v) is 6.16. The van der Waals surface area contributed by atoms with Gasteiger partial charge in [-0.05, 0) is 45.5 Å². The number of nitrogens with zero attached hydrogens (tertiary/aromatic N) is 1. The standard InChI is InChI=1S/C14H21FN2O/c1-10(2)17(4)8-7-16-14(18)12-6-5-11(3)9-13(12)15/h5-6,9-10H,7-8H2,1-4H3,(H,16,18). The SMILES string of the molecule is Cc1ccc(C(=O)NCCN(C)C(C)C)c(F)c1. The summed E-state index contributed by atoms with van der Waals surface area (Å²) in [5, 5.41) is 2.72. The Morgan fingerprint density at radius 1 is 1.44 bits per heavy atom. The zero-order valence-electron chi connectivity index (χ0n) is 11.5. The van der Waals surface area contributed by atoms with Gasteiger partial charge in [0.2, 0.25) is 0 Å². The smallest absolute Gasteiger partial charge is 0.254 e. The van der Waals surface area contributed by atoms with Crippen molar-refractivity contribution in [3.63, 3.8) is 0 Å². The van der Waals surface area contributed by atoms with Crippen LogP contribution in [0.2, 0.25) is 0 Å². The molecule has 3 nitrogen and oxygen atoms in total. The maximum absolute atomic E-state index is 13.5. The topological polar surface area (TPSA) is 32.3 Å². The first-order chi connectivity index (χ1) is 8.41. The maximum Gasteiger partial charge on any atom is 0.254 e. The highest BCUT2D eigenvalue weighted by molar-refractivity contribution is 5.94. The Bertz CT molecular complexity index is 418. The molecule has 0 saturated carbocycles. The summed E-state index contributed by atoms with van der Waals surface area (Å²) in [6.07, 6.45) is 0. The van der Waals surface area contributed by atoms with Crippen LogP contribution in [0.3, 0.4) is 0 Å². The highest BCUT2D eigenvalue weighted by atomic mass is 19.1. The summed E-state index contributed by atoms with van der Waals surface area (Å²) in [5.41, 5.74) is 0.913. The predicted molar refractivity (Wildman–Crippen MR) is 71.2 cm³/mol. The van der Waals surface area contributed by atoms with E-state index in [9.17, 15) is 9.18 Å². The molecule has 0 bridgehead atoms. The highest BCUT2D eigenvalue weighted by Gasteiger charge is 2.11. The van der Waals surface area contributed by atoms with Crippen molar-refractivity contribution in [3.05, 3.63) is 35.1 Å².